The van der Waals surface area contributed by atoms with E-state index in [9.17, 15) is 14.9 Å². The molecule has 0 spiro atoms. The number of carbonyl (C=O) groups is 2. The predicted molar refractivity (Wildman–Crippen MR) is 158 cm³/mol. The smallest absolute Gasteiger partial charge is 0.222 e. The highest BCUT2D eigenvalue weighted by Crippen LogP contribution is 2.22. The molecule has 1 aliphatic heterocycles. The molecule has 1 atom stereocenters. The lowest BCUT2D eigenvalue weighted by Gasteiger charge is -2.32. The van der Waals surface area contributed by atoms with Gasteiger partial charge in [-0.3, -0.25) is 9.59 Å². The van der Waals surface area contributed by atoms with E-state index in [0.29, 0.717) is 52.0 Å². The van der Waals surface area contributed by atoms with Crippen LogP contribution in [0.25, 0.3) is 0 Å². The van der Waals surface area contributed by atoms with Crippen molar-refractivity contribution in [2.45, 2.75) is 58.1 Å². The Morgan fingerprint density at radius 1 is 0.902 bits per heavy atom. The minimum atomic E-state index is -0.595. The number of amides is 2. The highest BCUT2D eigenvalue weighted by atomic mass is 16.5. The summed E-state index contributed by atoms with van der Waals surface area (Å²) in [7, 11) is 0. The average Bonchev–Trinajstić information content (AvgIpc) is 3.01. The number of piperidine rings is 1. The molecule has 3 aromatic rings. The number of hydrogen-bond acceptors (Lipinski definition) is 5. The van der Waals surface area contributed by atoms with E-state index in [1.807, 2.05) is 90.7 Å². The van der Waals surface area contributed by atoms with Gasteiger partial charge in [0.05, 0.1) is 12.7 Å². The summed E-state index contributed by atoms with van der Waals surface area (Å²) in [6.07, 6.45) is 3.57. The van der Waals surface area contributed by atoms with Gasteiger partial charge in [0.25, 0.3) is 0 Å². The molecule has 214 valence electrons. The van der Waals surface area contributed by atoms with Gasteiger partial charge in [-0.15, -0.1) is 0 Å². The molecule has 4 rings (SSSR count). The molecule has 1 fully saturated rings. The maximum absolute atomic E-state index is 12.7. The topological polar surface area (TPSA) is 91.7 Å². The number of nitrogens with zero attached hydrogens (tertiary/aromatic N) is 2. The van der Waals surface area contributed by atoms with Crippen LogP contribution in [0, 0.1) is 17.2 Å². The van der Waals surface area contributed by atoms with Gasteiger partial charge in [-0.05, 0) is 73.1 Å². The molecular weight excluding hydrogens is 514 g/mol. The maximum Gasteiger partial charge on any atom is 0.222 e. The van der Waals surface area contributed by atoms with Crippen molar-refractivity contribution in [1.29, 1.82) is 5.26 Å². The van der Waals surface area contributed by atoms with Crippen molar-refractivity contribution >= 4 is 11.8 Å². The van der Waals surface area contributed by atoms with E-state index >= 15 is 0 Å². The number of aryl methyl sites for hydroxylation is 1. The van der Waals surface area contributed by atoms with E-state index in [4.69, 9.17) is 9.47 Å². The van der Waals surface area contributed by atoms with Crippen molar-refractivity contribution in [3.8, 4) is 17.6 Å². The molecule has 1 heterocycles. The molecule has 2 amide bonds. The molecule has 1 aliphatic rings. The van der Waals surface area contributed by atoms with Gasteiger partial charge in [-0.2, -0.15) is 5.26 Å². The first-order valence-corrected chi connectivity index (χ1v) is 14.5. The lowest BCUT2D eigenvalue weighted by Crippen LogP contribution is -2.41. The number of hydrogen-bond donors (Lipinski definition) is 1. The largest absolute Gasteiger partial charge is 0.494 e. The first-order valence-electron chi connectivity index (χ1n) is 14.5. The molecule has 7 heteroatoms. The van der Waals surface area contributed by atoms with Gasteiger partial charge in [0.1, 0.15) is 24.1 Å². The van der Waals surface area contributed by atoms with Gasteiger partial charge in [-0.1, -0.05) is 54.6 Å². The van der Waals surface area contributed by atoms with Crippen LogP contribution in [0.15, 0.2) is 78.9 Å². The Labute approximate surface area is 243 Å². The van der Waals surface area contributed by atoms with Gasteiger partial charge in [0.15, 0.2) is 0 Å². The molecule has 1 N–H and O–H groups in total. The van der Waals surface area contributed by atoms with Crippen molar-refractivity contribution in [2.24, 2.45) is 5.92 Å². The summed E-state index contributed by atoms with van der Waals surface area (Å²) in [6.45, 7) is 4.42. The van der Waals surface area contributed by atoms with Gasteiger partial charge in [0.2, 0.25) is 11.8 Å². The second-order valence-corrected chi connectivity index (χ2v) is 10.5. The SMILES string of the molecule is CCOc1ccc(CCC(=O)N2CCC(CC(=O)NC(C#N)Cc3ccc(OCc4ccccc4)cc3)CC2)cc1. The second kappa shape index (κ2) is 15.5. The lowest BCUT2D eigenvalue weighted by atomic mass is 9.92. The zero-order valence-corrected chi connectivity index (χ0v) is 23.8. The Morgan fingerprint density at radius 3 is 2.17 bits per heavy atom. The van der Waals surface area contributed by atoms with Crippen LogP contribution in [-0.2, 0) is 29.0 Å². The third kappa shape index (κ3) is 9.68. The van der Waals surface area contributed by atoms with E-state index in [1.54, 1.807) is 0 Å². The van der Waals surface area contributed by atoms with Crippen molar-refractivity contribution in [3.05, 3.63) is 95.6 Å². The summed E-state index contributed by atoms with van der Waals surface area (Å²) in [5, 5.41) is 12.5. The van der Waals surface area contributed by atoms with Crippen LogP contribution >= 0.6 is 0 Å². The average molecular weight is 554 g/mol. The Balaban J connectivity index is 1.14. The summed E-state index contributed by atoms with van der Waals surface area (Å²) in [4.78, 5) is 27.4. The molecule has 41 heavy (non-hydrogen) atoms. The van der Waals surface area contributed by atoms with Crippen LogP contribution in [0.4, 0.5) is 0 Å². The van der Waals surface area contributed by atoms with Crippen LogP contribution in [0.2, 0.25) is 0 Å². The second-order valence-electron chi connectivity index (χ2n) is 10.5. The van der Waals surface area contributed by atoms with Crippen molar-refractivity contribution in [3.63, 3.8) is 0 Å². The van der Waals surface area contributed by atoms with Crippen LogP contribution in [0.1, 0.15) is 49.3 Å². The van der Waals surface area contributed by atoms with Crippen LogP contribution < -0.4 is 14.8 Å². The number of nitriles is 1. The van der Waals surface area contributed by atoms with E-state index in [0.717, 1.165) is 41.0 Å². The van der Waals surface area contributed by atoms with Crippen LogP contribution in [-0.4, -0.2) is 42.5 Å². The summed E-state index contributed by atoms with van der Waals surface area (Å²) in [6, 6.07) is 27.1. The fraction of sp³-hybridized carbons (Fsp3) is 0.382. The number of ether oxygens (including phenoxy) is 2. The normalized spacial score (nSPS) is 14.1. The van der Waals surface area contributed by atoms with Crippen molar-refractivity contribution < 1.29 is 19.1 Å². The molecule has 0 bridgehead atoms. The van der Waals surface area contributed by atoms with E-state index < -0.39 is 6.04 Å². The Hall–Kier alpha value is -4.31. The van der Waals surface area contributed by atoms with Gasteiger partial charge >= 0.3 is 0 Å². The molecular formula is C34H39N3O4. The van der Waals surface area contributed by atoms with Crippen LogP contribution in [0.3, 0.4) is 0 Å². The monoisotopic (exact) mass is 553 g/mol. The fourth-order valence-corrected chi connectivity index (χ4v) is 5.06. The zero-order valence-electron chi connectivity index (χ0n) is 23.8. The summed E-state index contributed by atoms with van der Waals surface area (Å²) in [5.41, 5.74) is 3.18. The van der Waals surface area contributed by atoms with Crippen molar-refractivity contribution in [1.82, 2.24) is 10.2 Å². The standard InChI is InChI=1S/C34H39N3O4/c1-2-40-31-13-8-26(9-14-31)12-17-34(39)37-20-18-28(19-21-37)23-33(38)36-30(24-35)22-27-10-15-32(16-11-27)41-25-29-6-4-3-5-7-29/h3-11,13-16,28,30H,2,12,17-23,25H2,1H3,(H,36,38). The molecule has 1 saturated heterocycles. The number of carbonyl (C=O) groups excluding carboxylic acids is 2. The maximum atomic E-state index is 12.7. The quantitative estimate of drug-likeness (QED) is 0.303. The van der Waals surface area contributed by atoms with Gasteiger partial charge < -0.3 is 19.7 Å². The Bertz CT molecular complexity index is 1280. The fourth-order valence-electron chi connectivity index (χ4n) is 5.06. The van der Waals surface area contributed by atoms with Crippen LogP contribution in [0.5, 0.6) is 11.5 Å². The number of rotatable bonds is 13. The van der Waals surface area contributed by atoms with Crippen molar-refractivity contribution in [2.75, 3.05) is 19.7 Å². The molecule has 1 unspecified atom stereocenters. The molecule has 3 aromatic carbocycles. The summed E-state index contributed by atoms with van der Waals surface area (Å²) in [5.74, 6) is 1.86. The molecule has 0 saturated carbocycles. The highest BCUT2D eigenvalue weighted by molar-refractivity contribution is 5.77. The van der Waals surface area contributed by atoms with Gasteiger partial charge in [-0.25, -0.2) is 0 Å². The number of likely N-dealkylation sites (tertiary alicyclic amines) is 1. The predicted octanol–water partition coefficient (Wildman–Crippen LogP) is 5.48. The molecule has 0 aliphatic carbocycles. The molecule has 0 radical (unpaired) electrons. The highest BCUT2D eigenvalue weighted by Gasteiger charge is 2.25. The zero-order chi connectivity index (χ0) is 28.9. The minimum Gasteiger partial charge on any atom is -0.494 e. The Kier molecular flexibility index (Phi) is 11.2. The first kappa shape index (κ1) is 29.7. The Morgan fingerprint density at radius 2 is 1.54 bits per heavy atom. The first-order chi connectivity index (χ1) is 20.0. The lowest BCUT2D eigenvalue weighted by molar-refractivity contribution is -0.132. The third-order valence-corrected chi connectivity index (χ3v) is 7.41. The summed E-state index contributed by atoms with van der Waals surface area (Å²) < 4.78 is 11.3. The van der Waals surface area contributed by atoms with E-state index in [1.165, 1.54) is 0 Å². The minimum absolute atomic E-state index is 0.111. The van der Waals surface area contributed by atoms with E-state index in [-0.39, 0.29) is 17.7 Å². The molecule has 7 nitrogen and oxygen atoms in total. The number of benzene rings is 3. The van der Waals surface area contributed by atoms with Gasteiger partial charge in [0, 0.05) is 32.4 Å². The van der Waals surface area contributed by atoms with E-state index in [2.05, 4.69) is 11.4 Å². The third-order valence-electron chi connectivity index (χ3n) is 7.41. The molecule has 0 aromatic heterocycles. The number of nitrogens with one attached hydrogen (secondary N) is 1. The summed E-state index contributed by atoms with van der Waals surface area (Å²) >= 11 is 0.